The lowest BCUT2D eigenvalue weighted by atomic mass is 9.97. The van der Waals surface area contributed by atoms with Crippen LogP contribution in [0.1, 0.15) is 33.4 Å². The number of hydrogen-bond donors (Lipinski definition) is 1. The zero-order valence-electron chi connectivity index (χ0n) is 13.5. The number of nitrogens with one attached hydrogen (secondary N) is 1. The van der Waals surface area contributed by atoms with Gasteiger partial charge in [-0.2, -0.15) is 5.10 Å². The molecule has 1 heterocycles. The number of rotatable bonds is 3. The number of alkyl carbamates (subject to hydrolysis) is 1. The van der Waals surface area contributed by atoms with Crippen molar-refractivity contribution in [2.24, 2.45) is 7.05 Å². The molecule has 6 nitrogen and oxygen atoms in total. The number of aldehydes is 1. The maximum Gasteiger partial charge on any atom is 0.408 e. The summed E-state index contributed by atoms with van der Waals surface area (Å²) in [5, 5.41) is 7.83. The fraction of sp³-hybridized carbons (Fsp3) is 0.438. The van der Waals surface area contributed by atoms with Crippen molar-refractivity contribution in [3.8, 4) is 0 Å². The lowest BCUT2D eigenvalue weighted by molar-refractivity contribution is -0.113. The van der Waals surface area contributed by atoms with Crippen molar-refractivity contribution in [2.45, 2.75) is 38.8 Å². The number of para-hydroxylation sites is 1. The third kappa shape index (κ3) is 3.10. The van der Waals surface area contributed by atoms with Gasteiger partial charge in [-0.05, 0) is 33.8 Å². The van der Waals surface area contributed by atoms with E-state index < -0.39 is 17.2 Å². The maximum atomic E-state index is 12.0. The van der Waals surface area contributed by atoms with Crippen molar-refractivity contribution in [1.82, 2.24) is 15.1 Å². The van der Waals surface area contributed by atoms with E-state index in [1.165, 1.54) is 0 Å². The number of aryl methyl sites for hydroxylation is 1. The van der Waals surface area contributed by atoms with E-state index in [1.807, 2.05) is 24.3 Å². The Morgan fingerprint density at radius 1 is 1.27 bits per heavy atom. The molecule has 2 rings (SSSR count). The number of fused-ring (bicyclic) bond motifs is 1. The predicted octanol–water partition coefficient (Wildman–Crippen LogP) is 2.51. The lowest BCUT2D eigenvalue weighted by Gasteiger charge is -2.26. The Bertz CT molecular complexity index is 715. The number of hydrogen-bond acceptors (Lipinski definition) is 4. The van der Waals surface area contributed by atoms with Gasteiger partial charge in [0.25, 0.3) is 0 Å². The smallest absolute Gasteiger partial charge is 0.408 e. The molecule has 0 saturated heterocycles. The molecule has 1 atom stereocenters. The van der Waals surface area contributed by atoms with E-state index in [0.29, 0.717) is 12.0 Å². The van der Waals surface area contributed by atoms with Gasteiger partial charge in [0.05, 0.1) is 5.52 Å². The molecule has 0 saturated carbocycles. The summed E-state index contributed by atoms with van der Waals surface area (Å²) in [7, 11) is 1.80. The molecule has 0 radical (unpaired) electrons. The van der Waals surface area contributed by atoms with Gasteiger partial charge in [0.2, 0.25) is 0 Å². The molecule has 0 bridgehead atoms. The first-order chi connectivity index (χ1) is 10.2. The highest BCUT2D eigenvalue weighted by molar-refractivity contribution is 5.88. The van der Waals surface area contributed by atoms with Crippen molar-refractivity contribution in [1.29, 1.82) is 0 Å². The fourth-order valence-corrected chi connectivity index (χ4v) is 2.26. The van der Waals surface area contributed by atoms with Crippen molar-refractivity contribution in [3.05, 3.63) is 30.0 Å². The third-order valence-corrected chi connectivity index (χ3v) is 3.25. The molecule has 1 unspecified atom stereocenters. The van der Waals surface area contributed by atoms with Crippen LogP contribution in [0, 0.1) is 0 Å². The summed E-state index contributed by atoms with van der Waals surface area (Å²) in [6, 6.07) is 7.54. The number of nitrogens with zero attached hydrogens (tertiary/aromatic N) is 2. The molecule has 1 aromatic heterocycles. The Balaban J connectivity index is 2.41. The quantitative estimate of drug-likeness (QED) is 0.884. The first-order valence-corrected chi connectivity index (χ1v) is 7.06. The minimum atomic E-state index is -1.26. The Morgan fingerprint density at radius 2 is 1.91 bits per heavy atom. The van der Waals surface area contributed by atoms with Gasteiger partial charge in [-0.1, -0.05) is 18.2 Å². The SMILES string of the molecule is Cn1nc(C(C)(C=O)NC(=O)OC(C)(C)C)c2ccccc21. The van der Waals surface area contributed by atoms with Crippen molar-refractivity contribution in [3.63, 3.8) is 0 Å². The van der Waals surface area contributed by atoms with Crippen molar-refractivity contribution >= 4 is 23.3 Å². The Kier molecular flexibility index (Phi) is 3.96. The monoisotopic (exact) mass is 303 g/mol. The minimum Gasteiger partial charge on any atom is -0.444 e. The summed E-state index contributed by atoms with van der Waals surface area (Å²) in [6.45, 7) is 6.90. The number of amides is 1. The van der Waals surface area contributed by atoms with E-state index in [2.05, 4.69) is 10.4 Å². The summed E-state index contributed by atoms with van der Waals surface area (Å²) >= 11 is 0. The zero-order chi connectivity index (χ0) is 16.5. The molecule has 0 aliphatic heterocycles. The van der Waals surface area contributed by atoms with Crippen LogP contribution in [0.25, 0.3) is 10.9 Å². The Labute approximate surface area is 129 Å². The topological polar surface area (TPSA) is 73.2 Å². The third-order valence-electron chi connectivity index (χ3n) is 3.25. The van der Waals surface area contributed by atoms with Crippen LogP contribution in [0.3, 0.4) is 0 Å². The summed E-state index contributed by atoms with van der Waals surface area (Å²) < 4.78 is 6.92. The zero-order valence-corrected chi connectivity index (χ0v) is 13.5. The van der Waals surface area contributed by atoms with Gasteiger partial charge in [-0.25, -0.2) is 4.79 Å². The van der Waals surface area contributed by atoms with Gasteiger partial charge >= 0.3 is 6.09 Å². The molecule has 1 N–H and O–H groups in total. The first kappa shape index (κ1) is 16.0. The molecule has 0 spiro atoms. The normalized spacial score (nSPS) is 14.4. The van der Waals surface area contributed by atoms with E-state index in [1.54, 1.807) is 39.4 Å². The molecule has 0 aliphatic rings. The highest BCUT2D eigenvalue weighted by Crippen LogP contribution is 2.26. The molecule has 118 valence electrons. The molecule has 0 fully saturated rings. The second kappa shape index (κ2) is 5.44. The van der Waals surface area contributed by atoms with Crippen LogP contribution in [-0.4, -0.2) is 27.8 Å². The molecule has 6 heteroatoms. The van der Waals surface area contributed by atoms with Crippen LogP contribution in [0.15, 0.2) is 24.3 Å². The van der Waals surface area contributed by atoms with Gasteiger partial charge in [-0.15, -0.1) is 0 Å². The maximum absolute atomic E-state index is 12.0. The van der Waals surface area contributed by atoms with Crippen LogP contribution >= 0.6 is 0 Å². The highest BCUT2D eigenvalue weighted by atomic mass is 16.6. The van der Waals surface area contributed by atoms with E-state index in [0.717, 1.165) is 10.9 Å². The van der Waals surface area contributed by atoms with Gasteiger partial charge < -0.3 is 14.8 Å². The molecule has 1 amide bonds. The summed E-state index contributed by atoms with van der Waals surface area (Å²) in [5.41, 5.74) is -0.522. The summed E-state index contributed by atoms with van der Waals surface area (Å²) in [6.07, 6.45) is 0.0166. The largest absolute Gasteiger partial charge is 0.444 e. The summed E-state index contributed by atoms with van der Waals surface area (Å²) in [5.74, 6) is 0. The van der Waals surface area contributed by atoms with Gasteiger partial charge in [0.15, 0.2) is 6.29 Å². The standard InChI is InChI=1S/C16H21N3O3/c1-15(2,3)22-14(21)17-16(4,10-20)13-11-8-6-7-9-12(11)19(5)18-13/h6-10H,1-5H3,(H,17,21). The number of ether oxygens (including phenoxy) is 1. The molecule has 0 aliphatic carbocycles. The van der Waals surface area contributed by atoms with Crippen LogP contribution in [-0.2, 0) is 22.1 Å². The van der Waals surface area contributed by atoms with Crippen molar-refractivity contribution < 1.29 is 14.3 Å². The molecule has 1 aromatic carbocycles. The fourth-order valence-electron chi connectivity index (χ4n) is 2.26. The van der Waals surface area contributed by atoms with Crippen LogP contribution in [0.5, 0.6) is 0 Å². The number of aromatic nitrogens is 2. The average molecular weight is 303 g/mol. The number of carbonyl (C=O) groups excluding carboxylic acids is 2. The van der Waals surface area contributed by atoms with E-state index in [4.69, 9.17) is 4.74 Å². The molecular weight excluding hydrogens is 282 g/mol. The number of carbonyl (C=O) groups is 2. The predicted molar refractivity (Wildman–Crippen MR) is 83.5 cm³/mol. The Hall–Kier alpha value is -2.37. The van der Waals surface area contributed by atoms with E-state index >= 15 is 0 Å². The highest BCUT2D eigenvalue weighted by Gasteiger charge is 2.34. The van der Waals surface area contributed by atoms with Gasteiger partial charge in [-0.3, -0.25) is 4.68 Å². The summed E-state index contributed by atoms with van der Waals surface area (Å²) in [4.78, 5) is 23.7. The van der Waals surface area contributed by atoms with Gasteiger partial charge in [0.1, 0.15) is 16.8 Å². The van der Waals surface area contributed by atoms with Gasteiger partial charge in [0, 0.05) is 12.4 Å². The molecule has 2 aromatic rings. The van der Waals surface area contributed by atoms with Crippen molar-refractivity contribution in [2.75, 3.05) is 0 Å². The van der Waals surface area contributed by atoms with E-state index in [9.17, 15) is 9.59 Å². The second-order valence-corrected chi connectivity index (χ2v) is 6.44. The molecule has 22 heavy (non-hydrogen) atoms. The van der Waals surface area contributed by atoms with Crippen LogP contribution in [0.4, 0.5) is 4.79 Å². The first-order valence-electron chi connectivity index (χ1n) is 7.06. The average Bonchev–Trinajstić information content (AvgIpc) is 2.75. The Morgan fingerprint density at radius 3 is 2.50 bits per heavy atom. The van der Waals surface area contributed by atoms with E-state index in [-0.39, 0.29) is 0 Å². The second-order valence-electron chi connectivity index (χ2n) is 6.44. The van der Waals surface area contributed by atoms with Crippen LogP contribution in [0.2, 0.25) is 0 Å². The molecular formula is C16H21N3O3. The minimum absolute atomic E-state index is 0.492. The van der Waals surface area contributed by atoms with Crippen LogP contribution < -0.4 is 5.32 Å². The number of benzene rings is 1. The lowest BCUT2D eigenvalue weighted by Crippen LogP contribution is -2.47.